The molecule has 1 aliphatic heterocycles. The number of piperidine rings is 1. The summed E-state index contributed by atoms with van der Waals surface area (Å²) in [6.45, 7) is 1.82. The van der Waals surface area contributed by atoms with E-state index >= 15 is 0 Å². The Hall–Kier alpha value is 0.114. The van der Waals surface area contributed by atoms with Crippen LogP contribution in [-0.2, 0) is 42.3 Å². The minimum Gasteiger partial charge on any atom is -0.311 e. The van der Waals surface area contributed by atoms with Crippen LogP contribution in [0.5, 0.6) is 0 Å². The van der Waals surface area contributed by atoms with Crippen molar-refractivity contribution in [2.75, 3.05) is 7.05 Å². The molecule has 0 aromatic carbocycles. The molecule has 1 fully saturated rings. The van der Waals surface area contributed by atoms with Crippen LogP contribution in [0.4, 0.5) is 0 Å². The zero-order chi connectivity index (χ0) is 7.72. The minimum absolute atomic E-state index is 0. The van der Waals surface area contributed by atoms with Crippen molar-refractivity contribution in [1.29, 1.82) is 0 Å². The molecule has 0 aliphatic carbocycles. The maximum absolute atomic E-state index is 11.0. The van der Waals surface area contributed by atoms with Crippen LogP contribution in [0.2, 0.25) is 0 Å². The van der Waals surface area contributed by atoms with Gasteiger partial charge in [0.2, 0.25) is 5.91 Å². The maximum atomic E-state index is 11.0. The van der Waals surface area contributed by atoms with Gasteiger partial charge in [-0.1, -0.05) is 6.92 Å². The smallest absolute Gasteiger partial charge is 0.227 e. The zero-order valence-corrected chi connectivity index (χ0v) is 9.54. The predicted octanol–water partition coefficient (Wildman–Crippen LogP) is 0.213. The average molecular weight is 229 g/mol. The van der Waals surface area contributed by atoms with Crippen molar-refractivity contribution in [3.8, 4) is 0 Å². The fourth-order valence-electron chi connectivity index (χ4n) is 0.955. The quantitative estimate of drug-likeness (QED) is 0.440. The molecule has 1 rings (SSSR count). The zero-order valence-electron chi connectivity index (χ0n) is 6.70. The van der Waals surface area contributed by atoms with Crippen LogP contribution in [0, 0.1) is 12.3 Å². The van der Waals surface area contributed by atoms with E-state index in [1.807, 2.05) is 6.92 Å². The van der Waals surface area contributed by atoms with Crippen molar-refractivity contribution in [2.24, 2.45) is 5.92 Å². The molecule has 59 valence electrons. The number of nitrogens with zero attached hydrogens (tertiary/aromatic N) is 1. The Labute approximate surface area is 91.4 Å². The summed E-state index contributed by atoms with van der Waals surface area (Å²) in [4.78, 5) is 23.0. The molecule has 2 amide bonds. The van der Waals surface area contributed by atoms with Gasteiger partial charge < -0.3 is 16.1 Å². The Morgan fingerprint density at radius 3 is 2.55 bits per heavy atom. The Morgan fingerprint density at radius 2 is 2.09 bits per heavy atom. The fraction of sp³-hybridized carbons (Fsp3) is 0.571. The summed E-state index contributed by atoms with van der Waals surface area (Å²) in [7, 11) is 1.51. The first-order chi connectivity index (χ1) is 4.63. The first-order valence-corrected chi connectivity index (χ1v) is 3.27. The SMILES string of the molecule is CC1C[CH-]C(=O)N(C)C1=O.[Y]. The van der Waals surface area contributed by atoms with Gasteiger partial charge in [-0.3, -0.25) is 4.79 Å². The molecule has 0 aromatic rings. The molecular formula is C7H10NO2Y-. The van der Waals surface area contributed by atoms with Crippen LogP contribution < -0.4 is 0 Å². The van der Waals surface area contributed by atoms with Gasteiger partial charge in [0.25, 0.3) is 0 Å². The van der Waals surface area contributed by atoms with Crippen LogP contribution in [0.3, 0.4) is 0 Å². The van der Waals surface area contributed by atoms with Gasteiger partial charge in [-0.15, -0.1) is 6.42 Å². The van der Waals surface area contributed by atoms with Crippen molar-refractivity contribution in [2.45, 2.75) is 13.3 Å². The van der Waals surface area contributed by atoms with E-state index in [4.69, 9.17) is 0 Å². The molecule has 1 atom stereocenters. The van der Waals surface area contributed by atoms with Crippen molar-refractivity contribution >= 4 is 11.8 Å². The van der Waals surface area contributed by atoms with Crippen LogP contribution in [0.25, 0.3) is 0 Å². The molecule has 1 unspecified atom stereocenters. The van der Waals surface area contributed by atoms with Gasteiger partial charge in [0.1, 0.15) is 0 Å². The monoisotopic (exact) mass is 229 g/mol. The molecule has 0 bridgehead atoms. The number of carbonyl (C=O) groups is 2. The minimum atomic E-state index is -0.178. The van der Waals surface area contributed by atoms with E-state index in [0.717, 1.165) is 4.90 Å². The average Bonchev–Trinajstić information content (AvgIpc) is 1.93. The van der Waals surface area contributed by atoms with E-state index in [1.54, 1.807) is 6.42 Å². The molecule has 4 heteroatoms. The second-order valence-electron chi connectivity index (χ2n) is 2.58. The summed E-state index contributed by atoms with van der Waals surface area (Å²) < 4.78 is 0. The Balaban J connectivity index is 0.000001000. The number of hydrogen-bond acceptors (Lipinski definition) is 2. The van der Waals surface area contributed by atoms with E-state index in [1.165, 1.54) is 7.05 Å². The molecular weight excluding hydrogens is 219 g/mol. The normalized spacial score (nSPS) is 24.2. The summed E-state index contributed by atoms with van der Waals surface area (Å²) in [5.74, 6) is -0.279. The molecule has 1 aliphatic rings. The third-order valence-electron chi connectivity index (χ3n) is 1.73. The molecule has 0 spiro atoms. The first-order valence-electron chi connectivity index (χ1n) is 3.27. The Kier molecular flexibility index (Phi) is 4.26. The molecule has 1 radical (unpaired) electrons. The summed E-state index contributed by atoms with van der Waals surface area (Å²) in [6.07, 6.45) is 2.13. The van der Waals surface area contributed by atoms with E-state index in [9.17, 15) is 9.59 Å². The number of amides is 2. The molecule has 1 saturated heterocycles. The van der Waals surface area contributed by atoms with E-state index < -0.39 is 0 Å². The van der Waals surface area contributed by atoms with Gasteiger partial charge in [0.05, 0.1) is 5.91 Å². The van der Waals surface area contributed by atoms with E-state index in [0.29, 0.717) is 6.42 Å². The van der Waals surface area contributed by atoms with Gasteiger partial charge in [-0.25, -0.2) is 0 Å². The van der Waals surface area contributed by atoms with Crippen LogP contribution in [-0.4, -0.2) is 23.8 Å². The van der Waals surface area contributed by atoms with Gasteiger partial charge in [0, 0.05) is 45.7 Å². The van der Waals surface area contributed by atoms with E-state index in [2.05, 4.69) is 0 Å². The second kappa shape index (κ2) is 4.22. The molecule has 0 aromatic heterocycles. The van der Waals surface area contributed by atoms with Gasteiger partial charge in [-0.05, 0) is 0 Å². The topological polar surface area (TPSA) is 37.4 Å². The maximum Gasteiger partial charge on any atom is 0.227 e. The molecule has 3 nitrogen and oxygen atoms in total. The number of carbonyl (C=O) groups excluding carboxylic acids is 2. The molecule has 0 saturated carbocycles. The molecule has 11 heavy (non-hydrogen) atoms. The largest absolute Gasteiger partial charge is 0.311 e. The third-order valence-corrected chi connectivity index (χ3v) is 1.73. The van der Waals surface area contributed by atoms with Gasteiger partial charge >= 0.3 is 0 Å². The van der Waals surface area contributed by atoms with Gasteiger partial charge in [-0.2, -0.15) is 0 Å². The number of rotatable bonds is 0. The molecule has 1 heterocycles. The van der Waals surface area contributed by atoms with Crippen molar-refractivity contribution < 1.29 is 42.3 Å². The first kappa shape index (κ1) is 11.1. The van der Waals surface area contributed by atoms with Crippen molar-refractivity contribution in [1.82, 2.24) is 4.90 Å². The number of imide groups is 1. The van der Waals surface area contributed by atoms with Crippen LogP contribution in [0.1, 0.15) is 13.3 Å². The standard InChI is InChI=1S/C7H10NO2.Y/c1-5-3-4-6(9)8(2)7(5)10;/h4-5H,3H2,1-2H3;/q-1;. The van der Waals surface area contributed by atoms with Gasteiger partial charge in [0.15, 0.2) is 0 Å². The molecule has 0 N–H and O–H groups in total. The second-order valence-corrected chi connectivity index (χ2v) is 2.58. The summed E-state index contributed by atoms with van der Waals surface area (Å²) in [5, 5.41) is 0. The van der Waals surface area contributed by atoms with E-state index in [-0.39, 0.29) is 50.4 Å². The van der Waals surface area contributed by atoms with Crippen LogP contribution in [0.15, 0.2) is 0 Å². The summed E-state index contributed by atoms with van der Waals surface area (Å²) in [6, 6.07) is 0. The fourth-order valence-corrected chi connectivity index (χ4v) is 0.955. The number of hydrogen-bond donors (Lipinski definition) is 0. The number of likely N-dealkylation sites (tertiary alicyclic amines) is 1. The summed E-state index contributed by atoms with van der Waals surface area (Å²) in [5.41, 5.74) is 0. The van der Waals surface area contributed by atoms with Crippen molar-refractivity contribution in [3.05, 3.63) is 6.42 Å². The van der Waals surface area contributed by atoms with Crippen LogP contribution >= 0.6 is 0 Å². The Bertz CT molecular complexity index is 181. The predicted molar refractivity (Wildman–Crippen MR) is 35.9 cm³/mol. The third kappa shape index (κ3) is 2.27. The summed E-state index contributed by atoms with van der Waals surface area (Å²) >= 11 is 0. The van der Waals surface area contributed by atoms with Crippen molar-refractivity contribution in [3.63, 3.8) is 0 Å². The Morgan fingerprint density at radius 1 is 1.55 bits per heavy atom.